The van der Waals surface area contributed by atoms with Gasteiger partial charge >= 0.3 is 5.97 Å². The minimum absolute atomic E-state index is 0.0802. The second kappa shape index (κ2) is 4.34. The normalized spacial score (nSPS) is 12.5. The monoisotopic (exact) mass is 201 g/mol. The number of aromatic nitrogens is 1. The molecule has 0 amide bonds. The molecule has 0 spiro atoms. The lowest BCUT2D eigenvalue weighted by molar-refractivity contribution is 0.0593. The molecule has 0 aliphatic rings. The average Bonchev–Trinajstić information content (AvgIpc) is 2.64. The molecule has 1 heterocycles. The first-order valence-electron chi connectivity index (χ1n) is 3.75. The Morgan fingerprint density at radius 3 is 2.85 bits per heavy atom. The minimum atomic E-state index is -0.411. The largest absolute Gasteiger partial charge is 0.464 e. The van der Waals surface area contributed by atoms with Crippen molar-refractivity contribution in [2.45, 2.75) is 13.0 Å². The van der Waals surface area contributed by atoms with Gasteiger partial charge in [-0.05, 0) is 6.92 Å². The van der Waals surface area contributed by atoms with Crippen LogP contribution in [-0.2, 0) is 9.47 Å². The maximum Gasteiger partial charge on any atom is 0.357 e. The van der Waals surface area contributed by atoms with Crippen LogP contribution in [0.1, 0.15) is 28.5 Å². The van der Waals surface area contributed by atoms with Crippen LogP contribution in [0.3, 0.4) is 0 Å². The van der Waals surface area contributed by atoms with Crippen molar-refractivity contribution in [3.05, 3.63) is 16.1 Å². The van der Waals surface area contributed by atoms with Crippen LogP contribution in [0.25, 0.3) is 0 Å². The summed E-state index contributed by atoms with van der Waals surface area (Å²) in [6, 6.07) is 0. The minimum Gasteiger partial charge on any atom is -0.464 e. The zero-order valence-corrected chi connectivity index (χ0v) is 8.55. The molecule has 0 saturated carbocycles. The van der Waals surface area contributed by atoms with E-state index in [4.69, 9.17) is 4.74 Å². The van der Waals surface area contributed by atoms with E-state index in [0.717, 1.165) is 5.01 Å². The SMILES string of the molecule is COC(=O)c1csc(C(C)OC)n1. The molecule has 0 aromatic carbocycles. The number of ether oxygens (including phenoxy) is 2. The summed E-state index contributed by atoms with van der Waals surface area (Å²) in [6.45, 7) is 1.87. The maximum absolute atomic E-state index is 11.0. The molecule has 1 atom stereocenters. The number of nitrogens with zero attached hydrogens (tertiary/aromatic N) is 1. The van der Waals surface area contributed by atoms with Gasteiger partial charge in [-0.1, -0.05) is 0 Å². The van der Waals surface area contributed by atoms with E-state index in [0.29, 0.717) is 5.69 Å². The average molecular weight is 201 g/mol. The quantitative estimate of drug-likeness (QED) is 0.697. The molecule has 1 aromatic rings. The van der Waals surface area contributed by atoms with Gasteiger partial charge in [0.05, 0.1) is 7.11 Å². The lowest BCUT2D eigenvalue weighted by Crippen LogP contribution is -2.02. The Bertz CT molecular complexity index is 297. The van der Waals surface area contributed by atoms with Gasteiger partial charge in [0.2, 0.25) is 0 Å². The molecule has 0 bridgehead atoms. The van der Waals surface area contributed by atoms with Crippen molar-refractivity contribution >= 4 is 17.3 Å². The van der Waals surface area contributed by atoms with Crippen LogP contribution >= 0.6 is 11.3 Å². The van der Waals surface area contributed by atoms with Gasteiger partial charge in [0, 0.05) is 12.5 Å². The molecule has 1 aromatic heterocycles. The second-order valence-corrected chi connectivity index (χ2v) is 3.33. The van der Waals surface area contributed by atoms with Crippen molar-refractivity contribution in [2.75, 3.05) is 14.2 Å². The highest BCUT2D eigenvalue weighted by molar-refractivity contribution is 7.09. The van der Waals surface area contributed by atoms with Gasteiger partial charge in [-0.2, -0.15) is 0 Å². The summed E-state index contributed by atoms with van der Waals surface area (Å²) in [4.78, 5) is 15.1. The van der Waals surface area contributed by atoms with Gasteiger partial charge in [-0.25, -0.2) is 9.78 Å². The molecule has 72 valence electrons. The highest BCUT2D eigenvalue weighted by atomic mass is 32.1. The highest BCUT2D eigenvalue weighted by Crippen LogP contribution is 2.20. The van der Waals surface area contributed by atoms with E-state index in [1.807, 2.05) is 6.92 Å². The maximum atomic E-state index is 11.0. The molecule has 1 unspecified atom stereocenters. The van der Waals surface area contributed by atoms with Crippen LogP contribution < -0.4 is 0 Å². The summed E-state index contributed by atoms with van der Waals surface area (Å²) in [5.41, 5.74) is 0.339. The smallest absolute Gasteiger partial charge is 0.357 e. The summed E-state index contributed by atoms with van der Waals surface area (Å²) in [7, 11) is 2.94. The van der Waals surface area contributed by atoms with Crippen LogP contribution in [0.15, 0.2) is 5.38 Å². The van der Waals surface area contributed by atoms with Crippen LogP contribution in [0, 0.1) is 0 Å². The van der Waals surface area contributed by atoms with E-state index in [2.05, 4.69) is 9.72 Å². The fourth-order valence-corrected chi connectivity index (χ4v) is 1.59. The lowest BCUT2D eigenvalue weighted by Gasteiger charge is -2.03. The van der Waals surface area contributed by atoms with Crippen LogP contribution in [0.5, 0.6) is 0 Å². The van der Waals surface area contributed by atoms with Crippen molar-refractivity contribution in [2.24, 2.45) is 0 Å². The molecular weight excluding hydrogens is 190 g/mol. The molecule has 1 rings (SSSR count). The number of rotatable bonds is 3. The predicted molar refractivity (Wildman–Crippen MR) is 48.9 cm³/mol. The molecule has 13 heavy (non-hydrogen) atoms. The molecule has 5 heteroatoms. The summed E-state index contributed by atoms with van der Waals surface area (Å²) in [5.74, 6) is -0.411. The first-order valence-corrected chi connectivity index (χ1v) is 4.63. The number of carbonyl (C=O) groups is 1. The third-order valence-electron chi connectivity index (χ3n) is 1.62. The number of carbonyl (C=O) groups excluding carboxylic acids is 1. The third-order valence-corrected chi connectivity index (χ3v) is 2.62. The lowest BCUT2D eigenvalue weighted by atomic mass is 10.4. The van der Waals surface area contributed by atoms with E-state index in [9.17, 15) is 4.79 Å². The van der Waals surface area contributed by atoms with Crippen LogP contribution in [0.2, 0.25) is 0 Å². The molecule has 0 aliphatic heterocycles. The molecular formula is C8H11NO3S. The number of hydrogen-bond donors (Lipinski definition) is 0. The molecule has 0 fully saturated rings. The Kier molecular flexibility index (Phi) is 3.39. The number of esters is 1. The van der Waals surface area contributed by atoms with Crippen molar-refractivity contribution in [1.82, 2.24) is 4.98 Å². The summed E-state index contributed by atoms with van der Waals surface area (Å²) < 4.78 is 9.59. The van der Waals surface area contributed by atoms with Crippen molar-refractivity contribution in [3.63, 3.8) is 0 Å². The predicted octanol–water partition coefficient (Wildman–Crippen LogP) is 1.64. The van der Waals surface area contributed by atoms with Crippen LogP contribution in [0.4, 0.5) is 0 Å². The third kappa shape index (κ3) is 2.26. The van der Waals surface area contributed by atoms with E-state index >= 15 is 0 Å². The first kappa shape index (κ1) is 10.1. The molecule has 0 saturated heterocycles. The van der Waals surface area contributed by atoms with Crippen LogP contribution in [-0.4, -0.2) is 25.2 Å². The second-order valence-electron chi connectivity index (χ2n) is 2.44. The van der Waals surface area contributed by atoms with Gasteiger partial charge in [-0.15, -0.1) is 11.3 Å². The zero-order valence-electron chi connectivity index (χ0n) is 7.73. The van der Waals surface area contributed by atoms with E-state index in [1.165, 1.54) is 18.4 Å². The Hall–Kier alpha value is -0.940. The Morgan fingerprint density at radius 1 is 1.62 bits per heavy atom. The molecule has 4 nitrogen and oxygen atoms in total. The summed E-state index contributed by atoms with van der Waals surface area (Å²) in [5, 5.41) is 2.44. The fraction of sp³-hybridized carbons (Fsp3) is 0.500. The van der Waals surface area contributed by atoms with E-state index in [1.54, 1.807) is 12.5 Å². The van der Waals surface area contributed by atoms with Gasteiger partial charge in [0.1, 0.15) is 11.1 Å². The fourth-order valence-electron chi connectivity index (χ4n) is 0.773. The Balaban J connectivity index is 2.80. The number of thiazole rings is 1. The van der Waals surface area contributed by atoms with Gasteiger partial charge < -0.3 is 9.47 Å². The topological polar surface area (TPSA) is 48.4 Å². The molecule has 0 aliphatic carbocycles. The summed E-state index contributed by atoms with van der Waals surface area (Å²) in [6.07, 6.45) is -0.0802. The van der Waals surface area contributed by atoms with E-state index < -0.39 is 5.97 Å². The first-order chi connectivity index (χ1) is 6.19. The Morgan fingerprint density at radius 2 is 2.31 bits per heavy atom. The van der Waals surface area contributed by atoms with Gasteiger partial charge in [0.25, 0.3) is 0 Å². The van der Waals surface area contributed by atoms with Gasteiger partial charge in [0.15, 0.2) is 5.69 Å². The van der Waals surface area contributed by atoms with Crippen molar-refractivity contribution in [3.8, 4) is 0 Å². The molecule has 0 N–H and O–H groups in total. The van der Waals surface area contributed by atoms with E-state index in [-0.39, 0.29) is 6.10 Å². The highest BCUT2D eigenvalue weighted by Gasteiger charge is 2.14. The number of hydrogen-bond acceptors (Lipinski definition) is 5. The summed E-state index contributed by atoms with van der Waals surface area (Å²) >= 11 is 1.39. The van der Waals surface area contributed by atoms with Gasteiger partial charge in [-0.3, -0.25) is 0 Å². The Labute approximate surface area is 80.5 Å². The molecule has 0 radical (unpaired) electrons. The van der Waals surface area contributed by atoms with Crippen molar-refractivity contribution < 1.29 is 14.3 Å². The number of methoxy groups -OCH3 is 2. The zero-order chi connectivity index (χ0) is 9.84. The standard InChI is InChI=1S/C8H11NO3S/c1-5(11-2)7-9-6(4-13-7)8(10)12-3/h4-5H,1-3H3. The van der Waals surface area contributed by atoms with Crippen molar-refractivity contribution in [1.29, 1.82) is 0 Å².